The summed E-state index contributed by atoms with van der Waals surface area (Å²) in [5, 5.41) is 6.19. The smallest absolute Gasteiger partial charge is 0.262 e. The summed E-state index contributed by atoms with van der Waals surface area (Å²) in [6, 6.07) is 14.5. The molecule has 3 heterocycles. The van der Waals surface area contributed by atoms with Crippen molar-refractivity contribution >= 4 is 23.2 Å². The fourth-order valence-corrected chi connectivity index (χ4v) is 5.66. The lowest BCUT2D eigenvalue weighted by molar-refractivity contribution is 0.102. The zero-order valence-electron chi connectivity index (χ0n) is 28.5. The van der Waals surface area contributed by atoms with Crippen molar-refractivity contribution in [2.45, 2.75) is 20.3 Å². The molecule has 0 unspecified atom stereocenters. The topological polar surface area (TPSA) is 129 Å². The number of benzene rings is 3. The first-order valence-corrected chi connectivity index (χ1v) is 16.2. The predicted octanol–water partition coefficient (Wildman–Crippen LogP) is 5.64. The van der Waals surface area contributed by atoms with E-state index in [1.807, 2.05) is 32.0 Å². The average molecular weight is 671 g/mol. The van der Waals surface area contributed by atoms with Crippen LogP contribution < -0.4 is 39.1 Å². The first-order chi connectivity index (χ1) is 23.8. The summed E-state index contributed by atoms with van der Waals surface area (Å²) < 4.78 is 34.7. The van der Waals surface area contributed by atoms with Crippen molar-refractivity contribution in [3.63, 3.8) is 0 Å². The maximum absolute atomic E-state index is 13.6. The van der Waals surface area contributed by atoms with Crippen molar-refractivity contribution in [3.05, 3.63) is 71.4 Å². The van der Waals surface area contributed by atoms with Gasteiger partial charge >= 0.3 is 0 Å². The van der Waals surface area contributed by atoms with Gasteiger partial charge in [0.1, 0.15) is 11.3 Å². The first-order valence-electron chi connectivity index (χ1n) is 16.2. The molecule has 3 aromatic carbocycles. The average Bonchev–Trinajstić information content (AvgIpc) is 3.57. The van der Waals surface area contributed by atoms with E-state index in [4.69, 9.17) is 28.4 Å². The third-order valence-electron chi connectivity index (χ3n) is 8.45. The van der Waals surface area contributed by atoms with Crippen LogP contribution in [-0.2, 0) is 0 Å². The molecule has 0 spiro atoms. The minimum absolute atomic E-state index is 0.0411. The van der Waals surface area contributed by atoms with E-state index in [9.17, 15) is 4.79 Å². The number of likely N-dealkylation sites (N-methyl/N-ethyl adjacent to an activating group) is 1. The molecule has 2 aliphatic heterocycles. The molecule has 2 N–H and O–H groups in total. The lowest BCUT2D eigenvalue weighted by Gasteiger charge is -2.32. The summed E-state index contributed by atoms with van der Waals surface area (Å²) in [6.07, 6.45) is 2.30. The summed E-state index contributed by atoms with van der Waals surface area (Å²) in [6.45, 7) is 9.75. The fourth-order valence-electron chi connectivity index (χ4n) is 5.66. The molecule has 1 aromatic heterocycles. The first kappa shape index (κ1) is 33.6. The number of carbonyl (C=O) groups excluding carboxylic acids is 1. The Morgan fingerprint density at radius 2 is 1.65 bits per heavy atom. The van der Waals surface area contributed by atoms with Gasteiger partial charge in [0.25, 0.3) is 5.91 Å². The molecule has 1 fully saturated rings. The van der Waals surface area contributed by atoms with Gasteiger partial charge in [-0.25, -0.2) is 4.98 Å². The maximum atomic E-state index is 13.6. The van der Waals surface area contributed by atoms with Gasteiger partial charge in [-0.2, -0.15) is 4.98 Å². The molecule has 0 aliphatic carbocycles. The van der Waals surface area contributed by atoms with Crippen molar-refractivity contribution in [1.82, 2.24) is 19.8 Å². The van der Waals surface area contributed by atoms with E-state index in [-0.39, 0.29) is 24.2 Å². The van der Waals surface area contributed by atoms with Crippen LogP contribution in [-0.4, -0.2) is 93.1 Å². The molecular weight excluding hydrogens is 628 g/mol. The molecule has 1 saturated heterocycles. The largest absolute Gasteiger partial charge is 0.493 e. The third kappa shape index (κ3) is 8.07. The van der Waals surface area contributed by atoms with Crippen molar-refractivity contribution in [2.24, 2.45) is 0 Å². The van der Waals surface area contributed by atoms with Gasteiger partial charge in [0, 0.05) is 68.5 Å². The van der Waals surface area contributed by atoms with Crippen LogP contribution in [0.15, 0.2) is 54.7 Å². The van der Waals surface area contributed by atoms with E-state index in [0.29, 0.717) is 52.5 Å². The summed E-state index contributed by atoms with van der Waals surface area (Å²) in [7, 11) is 5.31. The van der Waals surface area contributed by atoms with Gasteiger partial charge in [-0.1, -0.05) is 18.2 Å². The fraction of sp³-hybridized carbons (Fsp3) is 0.361. The monoisotopic (exact) mass is 670 g/mol. The minimum Gasteiger partial charge on any atom is -0.493 e. The number of aryl methyl sites for hydroxylation is 2. The number of hydrogen-bond acceptors (Lipinski definition) is 12. The Labute approximate surface area is 286 Å². The van der Waals surface area contributed by atoms with Crippen LogP contribution in [0.2, 0.25) is 0 Å². The Kier molecular flexibility index (Phi) is 10.5. The van der Waals surface area contributed by atoms with Crippen molar-refractivity contribution in [3.8, 4) is 40.4 Å². The van der Waals surface area contributed by atoms with Crippen LogP contribution in [0.5, 0.6) is 40.4 Å². The van der Waals surface area contributed by atoms with E-state index in [2.05, 4.69) is 37.4 Å². The summed E-state index contributed by atoms with van der Waals surface area (Å²) >= 11 is 0. The molecule has 2 aliphatic rings. The molecule has 6 rings (SSSR count). The Balaban J connectivity index is 1.22. The highest BCUT2D eigenvalue weighted by atomic mass is 16.7. The molecule has 13 nitrogen and oxygen atoms in total. The highest BCUT2D eigenvalue weighted by Gasteiger charge is 2.22. The number of carbonyl (C=O) groups is 1. The quantitative estimate of drug-likeness (QED) is 0.171. The molecule has 0 radical (unpaired) electrons. The van der Waals surface area contributed by atoms with Crippen LogP contribution in [0, 0.1) is 13.8 Å². The van der Waals surface area contributed by atoms with Crippen molar-refractivity contribution in [2.75, 3.05) is 78.0 Å². The molecular formula is C36H42N6O7. The summed E-state index contributed by atoms with van der Waals surface area (Å²) in [5.41, 5.74) is 3.29. The lowest BCUT2D eigenvalue weighted by Crippen LogP contribution is -2.44. The standard InChI is InChI=1S/C36H42N6O7/c1-23-8-6-9-24(2)32(23)39-34(43)27-21-37-36(40-35(27)49-26-10-11-28-29(20-26)48-22-47-28)38-25-18-30(44-4)33(31(19-25)45-5)46-17-7-12-42-15-13-41(3)14-16-42/h6,8-11,18-21H,7,12-17,22H2,1-5H3,(H,39,43)(H,37,38,40). The Morgan fingerprint density at radius 1 is 0.939 bits per heavy atom. The second-order valence-electron chi connectivity index (χ2n) is 11.9. The van der Waals surface area contributed by atoms with Gasteiger partial charge in [-0.3, -0.25) is 4.79 Å². The number of nitrogens with one attached hydrogen (secondary N) is 2. The SMILES string of the molecule is COc1cc(Nc2ncc(C(=O)Nc3c(C)cccc3C)c(Oc3ccc4c(c3)OCO4)n2)cc(OC)c1OCCCN1CCN(C)CC1. The van der Waals surface area contributed by atoms with Crippen molar-refractivity contribution in [1.29, 1.82) is 0 Å². The number of ether oxygens (including phenoxy) is 6. The zero-order chi connectivity index (χ0) is 34.3. The van der Waals surface area contributed by atoms with Gasteiger partial charge < -0.3 is 48.9 Å². The molecule has 0 atom stereocenters. The van der Waals surface area contributed by atoms with Crippen LogP contribution in [0.25, 0.3) is 0 Å². The molecule has 0 saturated carbocycles. The predicted molar refractivity (Wildman–Crippen MR) is 185 cm³/mol. The second-order valence-corrected chi connectivity index (χ2v) is 11.9. The van der Waals surface area contributed by atoms with Gasteiger partial charge in [0.15, 0.2) is 23.0 Å². The Morgan fingerprint density at radius 3 is 2.37 bits per heavy atom. The third-order valence-corrected chi connectivity index (χ3v) is 8.45. The van der Waals surface area contributed by atoms with Crippen molar-refractivity contribution < 1.29 is 33.2 Å². The van der Waals surface area contributed by atoms with E-state index in [0.717, 1.165) is 50.3 Å². The molecule has 4 aromatic rings. The highest BCUT2D eigenvalue weighted by molar-refractivity contribution is 6.06. The summed E-state index contributed by atoms with van der Waals surface area (Å²) in [4.78, 5) is 27.5. The van der Waals surface area contributed by atoms with Gasteiger partial charge in [-0.05, 0) is 50.6 Å². The van der Waals surface area contributed by atoms with E-state index >= 15 is 0 Å². The van der Waals surface area contributed by atoms with Gasteiger partial charge in [0.2, 0.25) is 24.4 Å². The molecule has 258 valence electrons. The van der Waals surface area contributed by atoms with Crippen LogP contribution in [0.3, 0.4) is 0 Å². The number of para-hydroxylation sites is 1. The normalized spacial score (nSPS) is 14.3. The van der Waals surface area contributed by atoms with E-state index in [1.165, 1.54) is 6.20 Å². The number of hydrogen-bond donors (Lipinski definition) is 2. The minimum atomic E-state index is -0.419. The van der Waals surface area contributed by atoms with E-state index < -0.39 is 5.91 Å². The Bertz CT molecular complexity index is 1750. The second kappa shape index (κ2) is 15.3. The number of rotatable bonds is 13. The molecule has 49 heavy (non-hydrogen) atoms. The molecule has 1 amide bonds. The molecule has 0 bridgehead atoms. The van der Waals surface area contributed by atoms with E-state index in [1.54, 1.807) is 44.6 Å². The Hall–Kier alpha value is -5.27. The number of piperazine rings is 1. The maximum Gasteiger partial charge on any atom is 0.262 e. The highest BCUT2D eigenvalue weighted by Crippen LogP contribution is 2.41. The number of anilines is 3. The van der Waals surface area contributed by atoms with Crippen LogP contribution >= 0.6 is 0 Å². The molecule has 13 heteroatoms. The van der Waals surface area contributed by atoms with Crippen LogP contribution in [0.1, 0.15) is 27.9 Å². The van der Waals surface area contributed by atoms with Crippen LogP contribution in [0.4, 0.5) is 17.3 Å². The number of nitrogens with zero attached hydrogens (tertiary/aromatic N) is 4. The zero-order valence-corrected chi connectivity index (χ0v) is 28.5. The van der Waals surface area contributed by atoms with Gasteiger partial charge in [0.05, 0.1) is 20.8 Å². The number of fused-ring (bicyclic) bond motifs is 1. The number of amides is 1. The van der Waals surface area contributed by atoms with Gasteiger partial charge in [-0.15, -0.1) is 0 Å². The number of aromatic nitrogens is 2. The lowest BCUT2D eigenvalue weighted by atomic mass is 10.1. The summed E-state index contributed by atoms with van der Waals surface area (Å²) in [5.74, 6) is 2.85. The number of methoxy groups -OCH3 is 2.